The van der Waals surface area contributed by atoms with E-state index in [1.54, 1.807) is 0 Å². The standard InChI is InChI=1S/C15H17F3N2O/c16-12-4-3-11(13(17)14(12)18)15(21)19-7-9-5-6-20(8-9)10-1-2-10/h3-4,9-10H,1-2,5-8H2,(H,19,21). The zero-order valence-electron chi connectivity index (χ0n) is 11.5. The van der Waals surface area contributed by atoms with Crippen LogP contribution in [0.5, 0.6) is 0 Å². The molecule has 114 valence electrons. The lowest BCUT2D eigenvalue weighted by Crippen LogP contribution is -2.32. The lowest BCUT2D eigenvalue weighted by atomic mass is 10.1. The van der Waals surface area contributed by atoms with Crippen LogP contribution < -0.4 is 5.32 Å². The molecule has 2 fully saturated rings. The third-order valence-electron chi connectivity index (χ3n) is 4.21. The first-order chi connectivity index (χ1) is 10.1. The first-order valence-electron chi connectivity index (χ1n) is 7.22. The summed E-state index contributed by atoms with van der Waals surface area (Å²) in [4.78, 5) is 14.3. The molecule has 0 aromatic heterocycles. The Kier molecular flexibility index (Phi) is 3.89. The zero-order chi connectivity index (χ0) is 15.0. The van der Waals surface area contributed by atoms with Gasteiger partial charge < -0.3 is 10.2 Å². The molecule has 0 spiro atoms. The SMILES string of the molecule is O=C(NCC1CCN(C2CC2)C1)c1ccc(F)c(F)c1F. The summed E-state index contributed by atoms with van der Waals surface area (Å²) in [5.74, 6) is -4.69. The van der Waals surface area contributed by atoms with E-state index in [2.05, 4.69) is 10.2 Å². The number of rotatable bonds is 4. The van der Waals surface area contributed by atoms with Crippen molar-refractivity contribution in [1.82, 2.24) is 10.2 Å². The second-order valence-corrected chi connectivity index (χ2v) is 5.81. The van der Waals surface area contributed by atoms with Crippen molar-refractivity contribution in [2.24, 2.45) is 5.92 Å². The normalized spacial score (nSPS) is 22.5. The highest BCUT2D eigenvalue weighted by Gasteiger charge is 2.34. The summed E-state index contributed by atoms with van der Waals surface area (Å²) >= 11 is 0. The minimum atomic E-state index is -1.61. The van der Waals surface area contributed by atoms with E-state index in [-0.39, 0.29) is 0 Å². The van der Waals surface area contributed by atoms with Gasteiger partial charge in [-0.15, -0.1) is 0 Å². The van der Waals surface area contributed by atoms with Gasteiger partial charge in [-0.2, -0.15) is 0 Å². The highest BCUT2D eigenvalue weighted by molar-refractivity contribution is 5.94. The molecule has 0 bridgehead atoms. The summed E-state index contributed by atoms with van der Waals surface area (Å²) in [7, 11) is 0. The molecular formula is C15H17F3N2O. The molecule has 0 radical (unpaired) electrons. The van der Waals surface area contributed by atoms with E-state index in [0.29, 0.717) is 18.5 Å². The Labute approximate surface area is 121 Å². The molecule has 21 heavy (non-hydrogen) atoms. The average Bonchev–Trinajstić information content (AvgIpc) is 3.21. The van der Waals surface area contributed by atoms with Gasteiger partial charge in [0.2, 0.25) is 0 Å². The molecule has 1 aromatic rings. The van der Waals surface area contributed by atoms with Crippen molar-refractivity contribution in [3.63, 3.8) is 0 Å². The maximum absolute atomic E-state index is 13.5. The second kappa shape index (κ2) is 5.67. The Bertz CT molecular complexity index is 560. The van der Waals surface area contributed by atoms with E-state index >= 15 is 0 Å². The molecule has 1 heterocycles. The Morgan fingerprint density at radius 3 is 2.67 bits per heavy atom. The van der Waals surface area contributed by atoms with E-state index < -0.39 is 28.9 Å². The highest BCUT2D eigenvalue weighted by atomic mass is 19.2. The minimum absolute atomic E-state index is 0.336. The maximum Gasteiger partial charge on any atom is 0.254 e. The number of likely N-dealkylation sites (tertiary alicyclic amines) is 1. The summed E-state index contributed by atoms with van der Waals surface area (Å²) in [6.45, 7) is 2.40. The van der Waals surface area contributed by atoms with E-state index in [1.165, 1.54) is 12.8 Å². The first kappa shape index (κ1) is 14.4. The molecule has 1 unspecified atom stereocenters. The van der Waals surface area contributed by atoms with Crippen molar-refractivity contribution in [3.05, 3.63) is 35.1 Å². The molecule has 1 amide bonds. The Hall–Kier alpha value is -1.56. The van der Waals surface area contributed by atoms with Gasteiger partial charge in [0.25, 0.3) is 5.91 Å². The summed E-state index contributed by atoms with van der Waals surface area (Å²) in [5, 5.41) is 2.61. The van der Waals surface area contributed by atoms with E-state index in [0.717, 1.165) is 31.6 Å². The number of nitrogens with one attached hydrogen (secondary N) is 1. The smallest absolute Gasteiger partial charge is 0.254 e. The van der Waals surface area contributed by atoms with Gasteiger partial charge in [-0.25, -0.2) is 13.2 Å². The van der Waals surface area contributed by atoms with Gasteiger partial charge in [0.05, 0.1) is 5.56 Å². The molecule has 3 rings (SSSR count). The van der Waals surface area contributed by atoms with Crippen LogP contribution in [0.4, 0.5) is 13.2 Å². The van der Waals surface area contributed by atoms with Crippen LogP contribution in [0.3, 0.4) is 0 Å². The van der Waals surface area contributed by atoms with Gasteiger partial charge in [-0.1, -0.05) is 0 Å². The molecule has 1 aliphatic heterocycles. The van der Waals surface area contributed by atoms with E-state index in [4.69, 9.17) is 0 Å². The van der Waals surface area contributed by atoms with Crippen LogP contribution in [0.2, 0.25) is 0 Å². The number of amides is 1. The fraction of sp³-hybridized carbons (Fsp3) is 0.533. The van der Waals surface area contributed by atoms with E-state index in [9.17, 15) is 18.0 Å². The summed E-state index contributed by atoms with van der Waals surface area (Å²) in [5.41, 5.74) is -0.453. The Morgan fingerprint density at radius 2 is 1.95 bits per heavy atom. The number of nitrogens with zero attached hydrogens (tertiary/aromatic N) is 1. The van der Waals surface area contributed by atoms with Gasteiger partial charge in [0.1, 0.15) is 0 Å². The van der Waals surface area contributed by atoms with Crippen LogP contribution in [0, 0.1) is 23.4 Å². The van der Waals surface area contributed by atoms with Crippen molar-refractivity contribution in [1.29, 1.82) is 0 Å². The summed E-state index contributed by atoms with van der Waals surface area (Å²) < 4.78 is 39.4. The maximum atomic E-state index is 13.5. The van der Waals surface area contributed by atoms with Crippen molar-refractivity contribution < 1.29 is 18.0 Å². The van der Waals surface area contributed by atoms with Crippen LogP contribution in [0.1, 0.15) is 29.6 Å². The predicted octanol–water partition coefficient (Wildman–Crippen LogP) is 2.32. The Balaban J connectivity index is 1.56. The van der Waals surface area contributed by atoms with Gasteiger partial charge in [-0.3, -0.25) is 4.79 Å². The number of benzene rings is 1. The monoisotopic (exact) mass is 298 g/mol. The highest BCUT2D eigenvalue weighted by Crippen LogP contribution is 2.31. The fourth-order valence-electron chi connectivity index (χ4n) is 2.83. The lowest BCUT2D eigenvalue weighted by Gasteiger charge is -2.15. The molecule has 1 aliphatic carbocycles. The van der Waals surface area contributed by atoms with Crippen molar-refractivity contribution in [2.75, 3.05) is 19.6 Å². The lowest BCUT2D eigenvalue weighted by molar-refractivity contribution is 0.0942. The van der Waals surface area contributed by atoms with Crippen LogP contribution in [0.25, 0.3) is 0 Å². The number of halogens is 3. The molecule has 1 aromatic carbocycles. The minimum Gasteiger partial charge on any atom is -0.352 e. The molecule has 6 heteroatoms. The predicted molar refractivity (Wildman–Crippen MR) is 71.4 cm³/mol. The molecule has 2 aliphatic rings. The van der Waals surface area contributed by atoms with Crippen molar-refractivity contribution in [3.8, 4) is 0 Å². The van der Waals surface area contributed by atoms with Gasteiger partial charge in [0, 0.05) is 19.1 Å². The van der Waals surface area contributed by atoms with Gasteiger partial charge >= 0.3 is 0 Å². The molecule has 3 nitrogen and oxygen atoms in total. The number of hydrogen-bond acceptors (Lipinski definition) is 2. The average molecular weight is 298 g/mol. The van der Waals surface area contributed by atoms with Crippen LogP contribution in [-0.4, -0.2) is 36.5 Å². The topological polar surface area (TPSA) is 32.3 Å². The number of carbonyl (C=O) groups excluding carboxylic acids is 1. The fourth-order valence-corrected chi connectivity index (χ4v) is 2.83. The molecule has 1 atom stereocenters. The van der Waals surface area contributed by atoms with Crippen LogP contribution in [0.15, 0.2) is 12.1 Å². The first-order valence-corrected chi connectivity index (χ1v) is 7.22. The number of hydrogen-bond donors (Lipinski definition) is 1. The zero-order valence-corrected chi connectivity index (χ0v) is 11.5. The third-order valence-corrected chi connectivity index (χ3v) is 4.21. The molecule has 1 saturated heterocycles. The van der Waals surface area contributed by atoms with Crippen LogP contribution >= 0.6 is 0 Å². The largest absolute Gasteiger partial charge is 0.352 e. The molecular weight excluding hydrogens is 281 g/mol. The summed E-state index contributed by atoms with van der Waals surface area (Å²) in [6.07, 6.45) is 3.50. The quantitative estimate of drug-likeness (QED) is 0.865. The number of carbonyl (C=O) groups is 1. The van der Waals surface area contributed by atoms with E-state index in [1.807, 2.05) is 0 Å². The third kappa shape index (κ3) is 3.05. The molecule has 1 saturated carbocycles. The Morgan fingerprint density at radius 1 is 1.19 bits per heavy atom. The van der Waals surface area contributed by atoms with Gasteiger partial charge in [0.15, 0.2) is 17.5 Å². The van der Waals surface area contributed by atoms with Crippen molar-refractivity contribution >= 4 is 5.91 Å². The summed E-state index contributed by atoms with van der Waals surface area (Å²) in [6, 6.07) is 2.43. The van der Waals surface area contributed by atoms with Crippen LogP contribution in [-0.2, 0) is 0 Å². The molecule has 1 N–H and O–H groups in total. The van der Waals surface area contributed by atoms with Gasteiger partial charge in [-0.05, 0) is 43.9 Å². The van der Waals surface area contributed by atoms with Crippen molar-refractivity contribution in [2.45, 2.75) is 25.3 Å². The second-order valence-electron chi connectivity index (χ2n) is 5.81.